The summed E-state index contributed by atoms with van der Waals surface area (Å²) in [7, 11) is 0. The van der Waals surface area contributed by atoms with Crippen LogP contribution in [0.2, 0.25) is 0 Å². The number of nitrogens with zero attached hydrogens (tertiary/aromatic N) is 2. The van der Waals surface area contributed by atoms with E-state index in [0.717, 1.165) is 29.5 Å². The van der Waals surface area contributed by atoms with E-state index in [4.69, 9.17) is 5.73 Å². The normalized spacial score (nSPS) is 40.3. The Morgan fingerprint density at radius 2 is 1.68 bits per heavy atom. The fourth-order valence-electron chi connectivity index (χ4n) is 5.37. The minimum atomic E-state index is 0.410. The molecule has 0 unspecified atom stereocenters. The van der Waals surface area contributed by atoms with Gasteiger partial charge in [0.05, 0.1) is 0 Å². The Kier molecular flexibility index (Phi) is 2.49. The fourth-order valence-corrected chi connectivity index (χ4v) is 5.37. The number of hydrogen-bond donors (Lipinski definition) is 1. The average Bonchev–Trinajstić information content (AvgIpc) is 2.70. The van der Waals surface area contributed by atoms with E-state index in [-0.39, 0.29) is 0 Å². The first kappa shape index (κ1) is 11.8. The maximum absolute atomic E-state index is 6.23. The molecular formula is C16H25N3. The molecule has 0 spiro atoms. The number of nitrogen functional groups attached to an aromatic ring is 1. The van der Waals surface area contributed by atoms with Gasteiger partial charge in [-0.25, -0.2) is 0 Å². The average molecular weight is 259 g/mol. The Morgan fingerprint density at radius 3 is 2.16 bits per heavy atom. The molecule has 0 amide bonds. The monoisotopic (exact) mass is 259 g/mol. The van der Waals surface area contributed by atoms with E-state index in [0.29, 0.717) is 12.0 Å². The van der Waals surface area contributed by atoms with Gasteiger partial charge in [-0.1, -0.05) is 0 Å². The first-order valence-electron chi connectivity index (χ1n) is 7.96. The first-order valence-corrected chi connectivity index (χ1v) is 7.96. The highest BCUT2D eigenvalue weighted by Gasteiger charge is 2.49. The van der Waals surface area contributed by atoms with Crippen LogP contribution in [-0.4, -0.2) is 9.78 Å². The second kappa shape index (κ2) is 4.00. The highest BCUT2D eigenvalue weighted by molar-refractivity contribution is 5.42. The van der Waals surface area contributed by atoms with Crippen LogP contribution < -0.4 is 5.73 Å². The SMILES string of the molecule is CC(C)n1cc(C2C3CC4CC(C3)CC2C4)c(N)n1. The Labute approximate surface area is 115 Å². The van der Waals surface area contributed by atoms with Crippen molar-refractivity contribution in [2.24, 2.45) is 23.7 Å². The van der Waals surface area contributed by atoms with Crippen molar-refractivity contribution in [3.05, 3.63) is 11.8 Å². The predicted octanol–water partition coefficient (Wildman–Crippen LogP) is 3.59. The molecule has 4 saturated carbocycles. The lowest BCUT2D eigenvalue weighted by molar-refractivity contribution is -0.00259. The third-order valence-electron chi connectivity index (χ3n) is 5.91. The highest BCUT2D eigenvalue weighted by atomic mass is 15.3. The van der Waals surface area contributed by atoms with Crippen LogP contribution in [0.5, 0.6) is 0 Å². The van der Waals surface area contributed by atoms with Gasteiger partial charge in [0, 0.05) is 17.8 Å². The maximum atomic E-state index is 6.23. The quantitative estimate of drug-likeness (QED) is 0.882. The number of aromatic nitrogens is 2. The molecule has 3 heteroatoms. The fraction of sp³-hybridized carbons (Fsp3) is 0.812. The Bertz CT molecular complexity index is 460. The van der Waals surface area contributed by atoms with Gasteiger partial charge in [-0.05, 0) is 75.5 Å². The van der Waals surface area contributed by atoms with E-state index in [1.165, 1.54) is 37.7 Å². The van der Waals surface area contributed by atoms with Crippen molar-refractivity contribution in [1.29, 1.82) is 0 Å². The number of nitrogens with two attached hydrogens (primary N) is 1. The summed E-state index contributed by atoms with van der Waals surface area (Å²) in [6.07, 6.45) is 9.55. The van der Waals surface area contributed by atoms with Crippen molar-refractivity contribution in [3.63, 3.8) is 0 Å². The van der Waals surface area contributed by atoms with Gasteiger partial charge < -0.3 is 5.73 Å². The molecule has 19 heavy (non-hydrogen) atoms. The van der Waals surface area contributed by atoms with Crippen molar-refractivity contribution in [2.45, 2.75) is 57.9 Å². The van der Waals surface area contributed by atoms with Gasteiger partial charge in [-0.2, -0.15) is 5.10 Å². The lowest BCUT2D eigenvalue weighted by Crippen LogP contribution is -2.43. The molecule has 0 aromatic carbocycles. The Hall–Kier alpha value is -0.990. The number of anilines is 1. The van der Waals surface area contributed by atoms with E-state index in [1.54, 1.807) is 0 Å². The van der Waals surface area contributed by atoms with Gasteiger partial charge in [-0.15, -0.1) is 0 Å². The molecule has 2 N–H and O–H groups in total. The molecule has 104 valence electrons. The highest BCUT2D eigenvalue weighted by Crippen LogP contribution is 2.60. The molecule has 4 fully saturated rings. The second-order valence-corrected chi connectivity index (χ2v) is 7.50. The number of hydrogen-bond acceptors (Lipinski definition) is 2. The minimum Gasteiger partial charge on any atom is -0.382 e. The summed E-state index contributed by atoms with van der Waals surface area (Å²) in [5.41, 5.74) is 7.59. The van der Waals surface area contributed by atoms with Crippen LogP contribution in [0.15, 0.2) is 6.20 Å². The first-order chi connectivity index (χ1) is 9.11. The third kappa shape index (κ3) is 1.73. The third-order valence-corrected chi connectivity index (χ3v) is 5.91. The van der Waals surface area contributed by atoms with Crippen LogP contribution in [0.25, 0.3) is 0 Å². The largest absolute Gasteiger partial charge is 0.382 e. The molecule has 5 rings (SSSR count). The second-order valence-electron chi connectivity index (χ2n) is 7.50. The summed E-state index contributed by atoms with van der Waals surface area (Å²) >= 11 is 0. The molecule has 0 atom stereocenters. The lowest BCUT2D eigenvalue weighted by atomic mass is 9.51. The van der Waals surface area contributed by atoms with E-state index < -0.39 is 0 Å². The summed E-state index contributed by atoms with van der Waals surface area (Å²) in [5.74, 6) is 5.35. The molecule has 3 nitrogen and oxygen atoms in total. The van der Waals surface area contributed by atoms with Crippen LogP contribution in [0.4, 0.5) is 5.82 Å². The van der Waals surface area contributed by atoms with Gasteiger partial charge in [0.25, 0.3) is 0 Å². The summed E-state index contributed by atoms with van der Waals surface area (Å²) in [6.45, 7) is 4.35. The summed E-state index contributed by atoms with van der Waals surface area (Å²) in [6, 6.07) is 0.410. The predicted molar refractivity (Wildman–Crippen MR) is 76.8 cm³/mol. The molecule has 1 heterocycles. The van der Waals surface area contributed by atoms with Gasteiger partial charge in [0.15, 0.2) is 0 Å². The van der Waals surface area contributed by atoms with Crippen LogP contribution in [0.1, 0.15) is 63.5 Å². The zero-order valence-corrected chi connectivity index (χ0v) is 12.0. The van der Waals surface area contributed by atoms with Crippen molar-refractivity contribution in [2.75, 3.05) is 5.73 Å². The van der Waals surface area contributed by atoms with Crippen LogP contribution in [0, 0.1) is 23.7 Å². The van der Waals surface area contributed by atoms with Gasteiger partial charge in [0.1, 0.15) is 5.82 Å². The van der Waals surface area contributed by atoms with Gasteiger partial charge in [0.2, 0.25) is 0 Å². The van der Waals surface area contributed by atoms with Crippen LogP contribution in [0.3, 0.4) is 0 Å². The minimum absolute atomic E-state index is 0.410. The zero-order chi connectivity index (χ0) is 13.1. The Balaban J connectivity index is 1.69. The van der Waals surface area contributed by atoms with E-state index in [9.17, 15) is 0 Å². The Morgan fingerprint density at radius 1 is 1.11 bits per heavy atom. The molecule has 0 radical (unpaired) electrons. The summed E-state index contributed by atoms with van der Waals surface area (Å²) < 4.78 is 2.05. The molecule has 4 aliphatic rings. The van der Waals surface area contributed by atoms with Gasteiger partial charge >= 0.3 is 0 Å². The summed E-state index contributed by atoms with van der Waals surface area (Å²) in [5, 5.41) is 4.54. The molecule has 4 bridgehead atoms. The standard InChI is InChI=1S/C16H25N3/c1-9(2)19-8-14(16(17)18-19)15-12-4-10-3-11(6-12)7-13(15)5-10/h8-13,15H,3-7H2,1-2H3,(H2,17,18). The van der Waals surface area contributed by atoms with Gasteiger partial charge in [-0.3, -0.25) is 4.68 Å². The molecular weight excluding hydrogens is 234 g/mol. The van der Waals surface area contributed by atoms with E-state index >= 15 is 0 Å². The molecule has 1 aromatic heterocycles. The molecule has 0 saturated heterocycles. The maximum Gasteiger partial charge on any atom is 0.148 e. The molecule has 4 aliphatic carbocycles. The molecule has 0 aliphatic heterocycles. The van der Waals surface area contributed by atoms with Crippen LogP contribution >= 0.6 is 0 Å². The topological polar surface area (TPSA) is 43.8 Å². The number of rotatable bonds is 2. The smallest absolute Gasteiger partial charge is 0.148 e. The van der Waals surface area contributed by atoms with Crippen molar-refractivity contribution >= 4 is 5.82 Å². The van der Waals surface area contributed by atoms with E-state index in [2.05, 4.69) is 29.8 Å². The van der Waals surface area contributed by atoms with Crippen molar-refractivity contribution in [1.82, 2.24) is 9.78 Å². The summed E-state index contributed by atoms with van der Waals surface area (Å²) in [4.78, 5) is 0. The van der Waals surface area contributed by atoms with E-state index in [1.807, 2.05) is 0 Å². The van der Waals surface area contributed by atoms with Crippen LogP contribution in [-0.2, 0) is 0 Å². The zero-order valence-electron chi connectivity index (χ0n) is 12.0. The van der Waals surface area contributed by atoms with Crippen molar-refractivity contribution in [3.8, 4) is 0 Å². The lowest BCUT2D eigenvalue weighted by Gasteiger charge is -2.54. The van der Waals surface area contributed by atoms with Crippen molar-refractivity contribution < 1.29 is 0 Å². The molecule has 1 aromatic rings.